The smallest absolute Gasteiger partial charge is 0.176 e. The first-order valence-electron chi connectivity index (χ1n) is 5.87. The molecule has 5 nitrogen and oxygen atoms in total. The molecule has 0 atom stereocenters. The summed E-state index contributed by atoms with van der Waals surface area (Å²) in [5.41, 5.74) is 2.80. The lowest BCUT2D eigenvalue weighted by Gasteiger charge is -2.07. The van der Waals surface area contributed by atoms with Gasteiger partial charge in [0.05, 0.1) is 0 Å². The van der Waals surface area contributed by atoms with Gasteiger partial charge in [-0.3, -0.25) is 5.41 Å². The van der Waals surface area contributed by atoms with Crippen molar-refractivity contribution in [1.82, 2.24) is 0 Å². The van der Waals surface area contributed by atoms with Crippen molar-refractivity contribution in [2.75, 3.05) is 5.32 Å². The lowest BCUT2D eigenvalue weighted by atomic mass is 10.1. The van der Waals surface area contributed by atoms with E-state index < -0.39 is 0 Å². The molecule has 0 aromatic heterocycles. The molecule has 0 saturated carbocycles. The summed E-state index contributed by atoms with van der Waals surface area (Å²) in [4.78, 5) is 0. The Hall–Kier alpha value is -2.69. The monoisotopic (exact) mass is 253 g/mol. The Labute approximate surface area is 111 Å². The zero-order chi connectivity index (χ0) is 13.5. The number of nitrogens with zero attached hydrogens (tertiary/aromatic N) is 2. The van der Waals surface area contributed by atoms with E-state index in [4.69, 9.17) is 11.3 Å². The maximum absolute atomic E-state index is 7.65. The van der Waals surface area contributed by atoms with Crippen molar-refractivity contribution >= 4 is 11.5 Å². The first-order chi connectivity index (χ1) is 9.29. The Morgan fingerprint density at radius 2 is 1.89 bits per heavy atom. The molecule has 0 bridgehead atoms. The number of nitrogens with two attached hydrogens (primary N) is 1. The van der Waals surface area contributed by atoms with Gasteiger partial charge in [0, 0.05) is 17.8 Å². The van der Waals surface area contributed by atoms with E-state index in [1.165, 1.54) is 5.56 Å². The number of hydrogen-bond acceptors (Lipinski definition) is 3. The second kappa shape index (κ2) is 6.30. The van der Waals surface area contributed by atoms with Crippen molar-refractivity contribution < 1.29 is 0 Å². The first kappa shape index (κ1) is 12.8. The van der Waals surface area contributed by atoms with Gasteiger partial charge in [0.2, 0.25) is 0 Å². The molecule has 0 radical (unpaired) electrons. The standard InChI is InChI=1S/C14H15N5/c15-14(18-19-16)12-7-4-8-13(9-12)17-10-11-5-2-1-3-6-11/h1-9,17H,10H2,(H3,15,16,18). The molecule has 0 spiro atoms. The molecule has 0 fully saturated rings. The van der Waals surface area contributed by atoms with Crippen LogP contribution in [0.15, 0.2) is 64.9 Å². The molecule has 4 N–H and O–H groups in total. The fraction of sp³-hybridized carbons (Fsp3) is 0.0714. The van der Waals surface area contributed by atoms with Crippen LogP contribution in [0.5, 0.6) is 0 Å². The van der Waals surface area contributed by atoms with E-state index in [0.717, 1.165) is 12.2 Å². The summed E-state index contributed by atoms with van der Waals surface area (Å²) in [5, 5.41) is 17.6. The Bertz CT molecular complexity index is 577. The van der Waals surface area contributed by atoms with Crippen LogP contribution in [0.4, 0.5) is 5.69 Å². The lowest BCUT2D eigenvalue weighted by molar-refractivity contribution is 1.07. The zero-order valence-corrected chi connectivity index (χ0v) is 10.4. The summed E-state index contributed by atoms with van der Waals surface area (Å²) >= 11 is 0. The van der Waals surface area contributed by atoms with Crippen LogP contribution < -0.4 is 11.2 Å². The highest BCUT2D eigenvalue weighted by atomic mass is 15.3. The van der Waals surface area contributed by atoms with Crippen molar-refractivity contribution in [1.29, 1.82) is 5.41 Å². The van der Waals surface area contributed by atoms with E-state index >= 15 is 0 Å². The number of nitrogens with one attached hydrogen (secondary N) is 2. The molecule has 0 unspecified atom stereocenters. The SMILES string of the molecule is N=C(N=NN)c1cccc(NCc2ccccc2)c1. The minimum Gasteiger partial charge on any atom is -0.381 e. The lowest BCUT2D eigenvalue weighted by Crippen LogP contribution is -2.01. The van der Waals surface area contributed by atoms with Crippen molar-refractivity contribution in [2.45, 2.75) is 6.54 Å². The van der Waals surface area contributed by atoms with Crippen molar-refractivity contribution in [3.05, 3.63) is 65.7 Å². The van der Waals surface area contributed by atoms with Crippen LogP contribution in [0.25, 0.3) is 0 Å². The summed E-state index contributed by atoms with van der Waals surface area (Å²) in [6, 6.07) is 17.6. The molecule has 2 aromatic carbocycles. The van der Waals surface area contributed by atoms with E-state index in [9.17, 15) is 0 Å². The molecule has 0 amide bonds. The van der Waals surface area contributed by atoms with Crippen LogP contribution in [0.3, 0.4) is 0 Å². The number of anilines is 1. The fourth-order valence-corrected chi connectivity index (χ4v) is 1.69. The maximum atomic E-state index is 7.65. The molecular formula is C14H15N5. The second-order valence-corrected chi connectivity index (χ2v) is 3.98. The molecule has 0 aliphatic heterocycles. The number of rotatable bonds is 4. The average molecular weight is 253 g/mol. The summed E-state index contributed by atoms with van der Waals surface area (Å²) < 4.78 is 0. The minimum absolute atomic E-state index is 0.0471. The number of amidine groups is 1. The van der Waals surface area contributed by atoms with Gasteiger partial charge in [0.15, 0.2) is 5.84 Å². The van der Waals surface area contributed by atoms with E-state index in [1.54, 1.807) is 6.07 Å². The Morgan fingerprint density at radius 3 is 2.63 bits per heavy atom. The van der Waals surface area contributed by atoms with Crippen LogP contribution >= 0.6 is 0 Å². The van der Waals surface area contributed by atoms with Crippen LogP contribution in [-0.2, 0) is 6.54 Å². The van der Waals surface area contributed by atoms with Gasteiger partial charge in [-0.05, 0) is 17.7 Å². The number of benzene rings is 2. The number of hydrogen-bond donors (Lipinski definition) is 3. The van der Waals surface area contributed by atoms with Gasteiger partial charge in [-0.15, -0.1) is 5.11 Å². The molecule has 0 aliphatic carbocycles. The topological polar surface area (TPSA) is 86.6 Å². The predicted molar refractivity (Wildman–Crippen MR) is 76.1 cm³/mol. The van der Waals surface area contributed by atoms with E-state index in [1.807, 2.05) is 36.4 Å². The average Bonchev–Trinajstić information content (AvgIpc) is 2.47. The van der Waals surface area contributed by atoms with Crippen LogP contribution in [0.1, 0.15) is 11.1 Å². The molecular weight excluding hydrogens is 238 g/mol. The normalized spacial score (nSPS) is 10.5. The van der Waals surface area contributed by atoms with Gasteiger partial charge in [-0.25, -0.2) is 0 Å². The third kappa shape index (κ3) is 3.64. The minimum atomic E-state index is 0.0471. The molecule has 0 saturated heterocycles. The molecule has 0 aliphatic rings. The van der Waals surface area contributed by atoms with Crippen molar-refractivity contribution in [2.24, 2.45) is 16.2 Å². The Morgan fingerprint density at radius 1 is 1.11 bits per heavy atom. The van der Waals surface area contributed by atoms with Crippen LogP contribution in [-0.4, -0.2) is 5.84 Å². The highest BCUT2D eigenvalue weighted by Gasteiger charge is 2.01. The first-order valence-corrected chi connectivity index (χ1v) is 5.87. The van der Waals surface area contributed by atoms with Gasteiger partial charge < -0.3 is 11.2 Å². The quantitative estimate of drug-likeness (QED) is 0.257. The third-order valence-electron chi connectivity index (χ3n) is 2.63. The van der Waals surface area contributed by atoms with Gasteiger partial charge >= 0.3 is 0 Å². The predicted octanol–water partition coefficient (Wildman–Crippen LogP) is 2.95. The fourth-order valence-electron chi connectivity index (χ4n) is 1.69. The van der Waals surface area contributed by atoms with Crippen molar-refractivity contribution in [3.8, 4) is 0 Å². The summed E-state index contributed by atoms with van der Waals surface area (Å²) in [7, 11) is 0. The summed E-state index contributed by atoms with van der Waals surface area (Å²) in [5.74, 6) is 4.99. The molecule has 19 heavy (non-hydrogen) atoms. The molecule has 5 heteroatoms. The highest BCUT2D eigenvalue weighted by molar-refractivity contribution is 5.97. The van der Waals surface area contributed by atoms with E-state index in [-0.39, 0.29) is 5.84 Å². The van der Waals surface area contributed by atoms with Gasteiger partial charge in [0.1, 0.15) is 0 Å². The van der Waals surface area contributed by atoms with E-state index in [0.29, 0.717) is 5.56 Å². The molecule has 2 rings (SSSR count). The van der Waals surface area contributed by atoms with Crippen molar-refractivity contribution in [3.63, 3.8) is 0 Å². The van der Waals surface area contributed by atoms with Gasteiger partial charge in [-0.2, -0.15) is 0 Å². The van der Waals surface area contributed by atoms with Crippen LogP contribution in [0.2, 0.25) is 0 Å². The molecule has 0 heterocycles. The van der Waals surface area contributed by atoms with Gasteiger partial charge in [0.25, 0.3) is 0 Å². The maximum Gasteiger partial charge on any atom is 0.176 e. The van der Waals surface area contributed by atoms with Gasteiger partial charge in [-0.1, -0.05) is 47.7 Å². The second-order valence-electron chi connectivity index (χ2n) is 3.98. The molecule has 2 aromatic rings. The molecule has 96 valence electrons. The van der Waals surface area contributed by atoms with E-state index in [2.05, 4.69) is 27.8 Å². The summed E-state index contributed by atoms with van der Waals surface area (Å²) in [6.07, 6.45) is 0. The summed E-state index contributed by atoms with van der Waals surface area (Å²) in [6.45, 7) is 0.732. The highest BCUT2D eigenvalue weighted by Crippen LogP contribution is 2.13. The third-order valence-corrected chi connectivity index (χ3v) is 2.63. The zero-order valence-electron chi connectivity index (χ0n) is 10.4. The largest absolute Gasteiger partial charge is 0.381 e. The van der Waals surface area contributed by atoms with Crippen LogP contribution in [0, 0.1) is 5.41 Å². The Kier molecular flexibility index (Phi) is 4.23. The Balaban J connectivity index is 2.05.